The summed E-state index contributed by atoms with van der Waals surface area (Å²) in [4.78, 5) is 7.88. The Balaban J connectivity index is 1.72. The van der Waals surface area contributed by atoms with E-state index in [1.54, 1.807) is 0 Å². The molecule has 0 spiro atoms. The number of H-pyrrole nitrogens is 1. The summed E-state index contributed by atoms with van der Waals surface area (Å²) in [7, 11) is 1.97. The number of hydrogen-bond donors (Lipinski definition) is 2. The van der Waals surface area contributed by atoms with Crippen molar-refractivity contribution in [2.24, 2.45) is 7.05 Å². The standard InChI is InChI=1S/C14H21N5/c1-9-14(10(2)19(3)18-9)12-8-16-13(17-12)6-7-15-11-4-5-11/h8,11,15H,4-7H2,1-3H3,(H,16,17). The smallest absolute Gasteiger partial charge is 0.107 e. The summed E-state index contributed by atoms with van der Waals surface area (Å²) in [6.07, 6.45) is 5.54. The van der Waals surface area contributed by atoms with Gasteiger partial charge in [-0.05, 0) is 26.7 Å². The van der Waals surface area contributed by atoms with Crippen molar-refractivity contribution in [1.29, 1.82) is 0 Å². The van der Waals surface area contributed by atoms with Gasteiger partial charge >= 0.3 is 0 Å². The zero-order chi connectivity index (χ0) is 13.4. The van der Waals surface area contributed by atoms with E-state index < -0.39 is 0 Å². The van der Waals surface area contributed by atoms with Gasteiger partial charge in [-0.3, -0.25) is 4.68 Å². The maximum Gasteiger partial charge on any atom is 0.107 e. The van der Waals surface area contributed by atoms with Gasteiger partial charge in [-0.15, -0.1) is 0 Å². The molecule has 0 radical (unpaired) electrons. The Morgan fingerprint density at radius 2 is 2.21 bits per heavy atom. The summed E-state index contributed by atoms with van der Waals surface area (Å²) in [6.45, 7) is 5.13. The van der Waals surface area contributed by atoms with E-state index >= 15 is 0 Å². The lowest BCUT2D eigenvalue weighted by molar-refractivity contribution is 0.669. The van der Waals surface area contributed by atoms with Gasteiger partial charge in [-0.2, -0.15) is 5.10 Å². The van der Waals surface area contributed by atoms with Gasteiger partial charge in [0, 0.05) is 37.3 Å². The molecule has 2 aromatic heterocycles. The first-order valence-electron chi connectivity index (χ1n) is 6.93. The van der Waals surface area contributed by atoms with Crippen LogP contribution in [0.2, 0.25) is 0 Å². The fourth-order valence-electron chi connectivity index (χ4n) is 2.46. The van der Waals surface area contributed by atoms with Gasteiger partial charge in [-0.1, -0.05) is 0 Å². The topological polar surface area (TPSA) is 58.5 Å². The molecular weight excluding hydrogens is 238 g/mol. The monoisotopic (exact) mass is 259 g/mol. The minimum atomic E-state index is 0.761. The molecule has 1 aliphatic carbocycles. The molecule has 0 aromatic carbocycles. The Bertz CT molecular complexity index is 577. The number of aromatic nitrogens is 4. The largest absolute Gasteiger partial charge is 0.342 e. The Labute approximate surface area is 113 Å². The lowest BCUT2D eigenvalue weighted by Gasteiger charge is -2.00. The third-order valence-corrected chi connectivity index (χ3v) is 3.78. The van der Waals surface area contributed by atoms with E-state index in [1.807, 2.05) is 24.9 Å². The van der Waals surface area contributed by atoms with Crippen LogP contribution >= 0.6 is 0 Å². The van der Waals surface area contributed by atoms with Gasteiger partial charge in [0.05, 0.1) is 17.6 Å². The highest BCUT2D eigenvalue weighted by molar-refractivity contribution is 5.64. The van der Waals surface area contributed by atoms with Crippen molar-refractivity contribution >= 4 is 0 Å². The van der Waals surface area contributed by atoms with Crippen LogP contribution in [0.15, 0.2) is 6.20 Å². The Hall–Kier alpha value is -1.62. The second-order valence-electron chi connectivity index (χ2n) is 5.39. The SMILES string of the molecule is Cc1nn(C)c(C)c1-c1cnc(CCNC2CC2)[nH]1. The molecule has 2 heterocycles. The normalized spacial score (nSPS) is 15.1. The van der Waals surface area contributed by atoms with Crippen molar-refractivity contribution in [3.63, 3.8) is 0 Å². The molecule has 5 heteroatoms. The number of aromatic amines is 1. The van der Waals surface area contributed by atoms with Crippen LogP contribution in [0.25, 0.3) is 11.3 Å². The van der Waals surface area contributed by atoms with Gasteiger partial charge in [0.2, 0.25) is 0 Å². The second kappa shape index (κ2) is 4.81. The van der Waals surface area contributed by atoms with Crippen molar-refractivity contribution in [2.75, 3.05) is 6.54 Å². The molecule has 0 bridgehead atoms. The van der Waals surface area contributed by atoms with E-state index in [2.05, 4.69) is 27.3 Å². The second-order valence-corrected chi connectivity index (χ2v) is 5.39. The van der Waals surface area contributed by atoms with Crippen LogP contribution in [0.3, 0.4) is 0 Å². The number of aryl methyl sites for hydroxylation is 2. The fraction of sp³-hybridized carbons (Fsp3) is 0.571. The molecule has 0 unspecified atom stereocenters. The van der Waals surface area contributed by atoms with Crippen LogP contribution in [0.5, 0.6) is 0 Å². The number of nitrogens with one attached hydrogen (secondary N) is 2. The number of rotatable bonds is 5. The zero-order valence-electron chi connectivity index (χ0n) is 11.8. The third-order valence-electron chi connectivity index (χ3n) is 3.78. The molecular formula is C14H21N5. The number of nitrogens with zero attached hydrogens (tertiary/aromatic N) is 3. The molecule has 2 aromatic rings. The van der Waals surface area contributed by atoms with Crippen molar-refractivity contribution in [2.45, 2.75) is 39.2 Å². The number of imidazole rings is 1. The quantitative estimate of drug-likeness (QED) is 0.859. The molecule has 1 aliphatic rings. The summed E-state index contributed by atoms with van der Waals surface area (Å²) in [5.74, 6) is 1.05. The van der Waals surface area contributed by atoms with Crippen LogP contribution in [0.1, 0.15) is 30.1 Å². The predicted octanol–water partition coefficient (Wildman–Crippen LogP) is 1.72. The van der Waals surface area contributed by atoms with Gasteiger partial charge in [0.15, 0.2) is 0 Å². The highest BCUT2D eigenvalue weighted by Crippen LogP contribution is 2.24. The van der Waals surface area contributed by atoms with Crippen molar-refractivity contribution in [3.05, 3.63) is 23.4 Å². The van der Waals surface area contributed by atoms with Crippen molar-refractivity contribution < 1.29 is 0 Å². The van der Waals surface area contributed by atoms with Crippen LogP contribution in [-0.2, 0) is 13.5 Å². The average Bonchev–Trinajstić information content (AvgIpc) is 3.01. The van der Waals surface area contributed by atoms with E-state index in [9.17, 15) is 0 Å². The molecule has 0 aliphatic heterocycles. The minimum Gasteiger partial charge on any atom is -0.342 e. The summed E-state index contributed by atoms with van der Waals surface area (Å²) in [5.41, 5.74) is 4.47. The first-order chi connectivity index (χ1) is 9.15. The van der Waals surface area contributed by atoms with Crippen LogP contribution in [0.4, 0.5) is 0 Å². The lowest BCUT2D eigenvalue weighted by Crippen LogP contribution is -2.19. The zero-order valence-corrected chi connectivity index (χ0v) is 11.8. The molecule has 102 valence electrons. The van der Waals surface area contributed by atoms with E-state index in [0.29, 0.717) is 0 Å². The van der Waals surface area contributed by atoms with E-state index in [1.165, 1.54) is 24.1 Å². The minimum absolute atomic E-state index is 0.761. The van der Waals surface area contributed by atoms with Gasteiger partial charge in [-0.25, -0.2) is 4.98 Å². The molecule has 5 nitrogen and oxygen atoms in total. The fourth-order valence-corrected chi connectivity index (χ4v) is 2.46. The Morgan fingerprint density at radius 3 is 2.84 bits per heavy atom. The Morgan fingerprint density at radius 1 is 1.42 bits per heavy atom. The molecule has 0 atom stereocenters. The maximum absolute atomic E-state index is 4.47. The average molecular weight is 259 g/mol. The summed E-state index contributed by atoms with van der Waals surface area (Å²) >= 11 is 0. The summed E-state index contributed by atoms with van der Waals surface area (Å²) in [5, 5.41) is 7.95. The van der Waals surface area contributed by atoms with Gasteiger partial charge in [0.1, 0.15) is 5.82 Å². The predicted molar refractivity (Wildman–Crippen MR) is 75.0 cm³/mol. The molecule has 0 amide bonds. The van der Waals surface area contributed by atoms with E-state index in [-0.39, 0.29) is 0 Å². The highest BCUT2D eigenvalue weighted by Gasteiger charge is 2.20. The van der Waals surface area contributed by atoms with Gasteiger partial charge in [0.25, 0.3) is 0 Å². The van der Waals surface area contributed by atoms with Crippen LogP contribution in [0, 0.1) is 13.8 Å². The van der Waals surface area contributed by atoms with E-state index in [4.69, 9.17) is 0 Å². The highest BCUT2D eigenvalue weighted by atomic mass is 15.3. The summed E-state index contributed by atoms with van der Waals surface area (Å²) in [6, 6.07) is 0.761. The first-order valence-corrected chi connectivity index (χ1v) is 6.93. The molecule has 19 heavy (non-hydrogen) atoms. The lowest BCUT2D eigenvalue weighted by atomic mass is 10.1. The van der Waals surface area contributed by atoms with Crippen LogP contribution < -0.4 is 5.32 Å². The Kier molecular flexibility index (Phi) is 3.14. The molecule has 1 fully saturated rings. The summed E-state index contributed by atoms with van der Waals surface area (Å²) < 4.78 is 1.92. The molecule has 2 N–H and O–H groups in total. The molecule has 0 saturated heterocycles. The van der Waals surface area contributed by atoms with Crippen LogP contribution in [-0.4, -0.2) is 32.3 Å². The van der Waals surface area contributed by atoms with E-state index in [0.717, 1.165) is 36.2 Å². The number of hydrogen-bond acceptors (Lipinski definition) is 3. The molecule has 3 rings (SSSR count). The van der Waals surface area contributed by atoms with Gasteiger partial charge < -0.3 is 10.3 Å². The maximum atomic E-state index is 4.47. The van der Waals surface area contributed by atoms with Crippen molar-refractivity contribution in [3.8, 4) is 11.3 Å². The first kappa shape index (κ1) is 12.4. The third kappa shape index (κ3) is 2.56. The molecule has 1 saturated carbocycles. The van der Waals surface area contributed by atoms with Crippen molar-refractivity contribution in [1.82, 2.24) is 25.1 Å².